The van der Waals surface area contributed by atoms with Gasteiger partial charge in [-0.05, 0) is 17.5 Å². The normalized spacial score (nSPS) is 15.1. The fraction of sp³-hybridized carbons (Fsp3) is 0.389. The molecule has 2 aromatic heterocycles. The maximum atomic E-state index is 12.7. The van der Waals surface area contributed by atoms with E-state index in [4.69, 9.17) is 11.6 Å². The lowest BCUT2D eigenvalue weighted by atomic mass is 10.2. The van der Waals surface area contributed by atoms with Crippen molar-refractivity contribution in [1.82, 2.24) is 20.5 Å². The summed E-state index contributed by atoms with van der Waals surface area (Å²) in [5.41, 5.74) is -0.899. The molecule has 0 unspecified atom stereocenters. The first kappa shape index (κ1) is 22.3. The number of pyridine rings is 1. The number of hydrogen-bond donors (Lipinski definition) is 2. The largest absolute Gasteiger partial charge is 0.417 e. The number of hydrogen-bond acceptors (Lipinski definition) is 6. The van der Waals surface area contributed by atoms with Crippen molar-refractivity contribution in [3.63, 3.8) is 0 Å². The molecule has 7 nitrogen and oxygen atoms in total. The zero-order valence-corrected chi connectivity index (χ0v) is 17.3. The maximum Gasteiger partial charge on any atom is 0.417 e. The highest BCUT2D eigenvalue weighted by atomic mass is 35.5. The van der Waals surface area contributed by atoms with Crippen LogP contribution in [0, 0.1) is 0 Å². The number of halogens is 4. The van der Waals surface area contributed by atoms with E-state index >= 15 is 0 Å². The topological polar surface area (TPSA) is 77.6 Å². The second kappa shape index (κ2) is 9.63. The quantitative estimate of drug-likeness (QED) is 0.716. The van der Waals surface area contributed by atoms with Gasteiger partial charge in [-0.1, -0.05) is 17.7 Å². The van der Waals surface area contributed by atoms with Gasteiger partial charge in [0.15, 0.2) is 0 Å². The summed E-state index contributed by atoms with van der Waals surface area (Å²) in [5, 5.41) is 6.72. The highest BCUT2D eigenvalue weighted by molar-refractivity contribution is 7.09. The summed E-state index contributed by atoms with van der Waals surface area (Å²) in [6, 6.07) is 4.05. The molecule has 1 saturated heterocycles. The predicted molar refractivity (Wildman–Crippen MR) is 108 cm³/mol. The van der Waals surface area contributed by atoms with Gasteiger partial charge in [0.05, 0.1) is 23.7 Å². The smallest absolute Gasteiger partial charge is 0.353 e. The average Bonchev–Trinajstić information content (AvgIpc) is 3.20. The molecule has 0 atom stereocenters. The molecule has 3 amide bonds. The van der Waals surface area contributed by atoms with Crippen LogP contribution in [-0.2, 0) is 17.5 Å². The number of nitrogens with zero attached hydrogens (tertiary/aromatic N) is 3. The van der Waals surface area contributed by atoms with E-state index in [1.807, 2.05) is 22.4 Å². The minimum absolute atomic E-state index is 0.0361. The third-order valence-electron chi connectivity index (χ3n) is 4.44. The van der Waals surface area contributed by atoms with Crippen LogP contribution < -0.4 is 15.5 Å². The first-order chi connectivity index (χ1) is 14.2. The molecular weight excluding hydrogens is 443 g/mol. The van der Waals surface area contributed by atoms with Crippen molar-refractivity contribution in [2.24, 2.45) is 0 Å². The summed E-state index contributed by atoms with van der Waals surface area (Å²) in [5.74, 6) is -0.153. The second-order valence-electron chi connectivity index (χ2n) is 6.60. The van der Waals surface area contributed by atoms with Crippen LogP contribution in [0.1, 0.15) is 10.4 Å². The number of imide groups is 1. The monoisotopic (exact) mass is 461 g/mol. The van der Waals surface area contributed by atoms with E-state index in [0.29, 0.717) is 32.7 Å². The van der Waals surface area contributed by atoms with Gasteiger partial charge in [-0.2, -0.15) is 13.2 Å². The Bertz CT molecular complexity index is 886. The number of aromatic nitrogens is 1. The predicted octanol–water partition coefficient (Wildman–Crippen LogP) is 2.96. The molecule has 12 heteroatoms. The molecule has 1 aliphatic rings. The highest BCUT2D eigenvalue weighted by Gasteiger charge is 2.32. The fourth-order valence-electron chi connectivity index (χ4n) is 2.93. The number of amides is 3. The van der Waals surface area contributed by atoms with Gasteiger partial charge in [0.25, 0.3) is 0 Å². The van der Waals surface area contributed by atoms with Gasteiger partial charge < -0.3 is 10.2 Å². The van der Waals surface area contributed by atoms with E-state index in [2.05, 4.69) is 15.6 Å². The summed E-state index contributed by atoms with van der Waals surface area (Å²) in [6.45, 7) is 2.21. The van der Waals surface area contributed by atoms with Crippen molar-refractivity contribution in [3.05, 3.63) is 45.2 Å². The third-order valence-corrected chi connectivity index (χ3v) is 5.60. The zero-order chi connectivity index (χ0) is 21.7. The lowest BCUT2D eigenvalue weighted by Gasteiger charge is -2.35. The molecule has 2 N–H and O–H groups in total. The Morgan fingerprint density at radius 1 is 1.23 bits per heavy atom. The van der Waals surface area contributed by atoms with E-state index < -0.39 is 23.7 Å². The summed E-state index contributed by atoms with van der Waals surface area (Å²) >= 11 is 7.49. The van der Waals surface area contributed by atoms with Crippen LogP contribution in [0.25, 0.3) is 0 Å². The molecule has 1 aliphatic heterocycles. The molecule has 0 spiro atoms. The molecule has 2 aromatic rings. The van der Waals surface area contributed by atoms with E-state index in [1.165, 1.54) is 11.3 Å². The number of anilines is 1. The van der Waals surface area contributed by atoms with Crippen LogP contribution in [0.2, 0.25) is 5.02 Å². The maximum absolute atomic E-state index is 12.7. The molecule has 0 radical (unpaired) electrons. The summed E-state index contributed by atoms with van der Waals surface area (Å²) in [6.07, 6.45) is -3.74. The van der Waals surface area contributed by atoms with Crippen molar-refractivity contribution in [3.8, 4) is 0 Å². The van der Waals surface area contributed by atoms with Gasteiger partial charge in [-0.15, -0.1) is 11.3 Å². The van der Waals surface area contributed by atoms with E-state index in [1.54, 1.807) is 4.90 Å². The number of urea groups is 1. The van der Waals surface area contributed by atoms with E-state index in [0.717, 1.165) is 17.1 Å². The Kier molecular flexibility index (Phi) is 7.16. The van der Waals surface area contributed by atoms with Gasteiger partial charge in [0, 0.05) is 37.3 Å². The van der Waals surface area contributed by atoms with Gasteiger partial charge in [0.1, 0.15) is 5.82 Å². The standard InChI is InChI=1S/C18H19ClF3N5O2S/c19-14-8-12(18(20,21)22)9-23-16(14)27-5-3-26(4-6-27)11-15(28)25-17(29)24-10-13-2-1-7-30-13/h1-2,7-9H,3-6,10-11H2,(H2,24,25,28,29). The molecule has 0 aromatic carbocycles. The molecule has 162 valence electrons. The number of alkyl halides is 3. The van der Waals surface area contributed by atoms with Gasteiger partial charge in [0.2, 0.25) is 5.91 Å². The van der Waals surface area contributed by atoms with Crippen molar-refractivity contribution < 1.29 is 22.8 Å². The van der Waals surface area contributed by atoms with Crippen LogP contribution in [0.15, 0.2) is 29.8 Å². The Balaban J connectivity index is 1.44. The number of carbonyl (C=O) groups is 2. The summed E-state index contributed by atoms with van der Waals surface area (Å²) in [7, 11) is 0. The summed E-state index contributed by atoms with van der Waals surface area (Å²) in [4.78, 5) is 32.3. The van der Waals surface area contributed by atoms with Crippen LogP contribution in [0.3, 0.4) is 0 Å². The lowest BCUT2D eigenvalue weighted by Crippen LogP contribution is -2.51. The van der Waals surface area contributed by atoms with Crippen LogP contribution in [0.4, 0.5) is 23.8 Å². The number of nitrogens with one attached hydrogen (secondary N) is 2. The van der Waals surface area contributed by atoms with Gasteiger partial charge >= 0.3 is 12.2 Å². The van der Waals surface area contributed by atoms with Gasteiger partial charge in [-0.3, -0.25) is 15.0 Å². The van der Waals surface area contributed by atoms with Gasteiger partial charge in [-0.25, -0.2) is 9.78 Å². The average molecular weight is 462 g/mol. The van der Waals surface area contributed by atoms with Crippen molar-refractivity contribution in [1.29, 1.82) is 0 Å². The zero-order valence-electron chi connectivity index (χ0n) is 15.7. The first-order valence-electron chi connectivity index (χ1n) is 9.02. The molecule has 3 rings (SSSR count). The molecule has 0 aliphatic carbocycles. The van der Waals surface area contributed by atoms with Crippen molar-refractivity contribution >= 4 is 40.7 Å². The molecule has 3 heterocycles. The van der Waals surface area contributed by atoms with Crippen LogP contribution in [0.5, 0.6) is 0 Å². The third kappa shape index (κ3) is 6.07. The minimum Gasteiger partial charge on any atom is -0.353 e. The molecule has 0 bridgehead atoms. The number of piperazine rings is 1. The second-order valence-corrected chi connectivity index (χ2v) is 8.04. The molecular formula is C18H19ClF3N5O2S. The molecule has 1 fully saturated rings. The minimum atomic E-state index is -4.50. The number of thiophene rings is 1. The molecule has 0 saturated carbocycles. The Labute approximate surface area is 179 Å². The van der Waals surface area contributed by atoms with E-state index in [-0.39, 0.29) is 17.4 Å². The first-order valence-corrected chi connectivity index (χ1v) is 10.3. The highest BCUT2D eigenvalue weighted by Crippen LogP contribution is 2.33. The molecule has 30 heavy (non-hydrogen) atoms. The number of rotatable bonds is 5. The fourth-order valence-corrected chi connectivity index (χ4v) is 3.86. The Hall–Kier alpha value is -2.37. The van der Waals surface area contributed by atoms with Crippen molar-refractivity contribution in [2.45, 2.75) is 12.7 Å². The van der Waals surface area contributed by atoms with Crippen molar-refractivity contribution in [2.75, 3.05) is 37.6 Å². The number of carbonyl (C=O) groups excluding carboxylic acids is 2. The van der Waals surface area contributed by atoms with Crippen LogP contribution >= 0.6 is 22.9 Å². The lowest BCUT2D eigenvalue weighted by molar-refractivity contribution is -0.137. The SMILES string of the molecule is O=C(CN1CCN(c2ncc(C(F)(F)F)cc2Cl)CC1)NC(=O)NCc1cccs1. The van der Waals surface area contributed by atoms with Crippen LogP contribution in [-0.4, -0.2) is 54.5 Å². The van der Waals surface area contributed by atoms with E-state index in [9.17, 15) is 22.8 Å². The summed E-state index contributed by atoms with van der Waals surface area (Å²) < 4.78 is 38.2. The Morgan fingerprint density at radius 2 is 1.97 bits per heavy atom. The Morgan fingerprint density at radius 3 is 2.57 bits per heavy atom.